The molecule has 1 fully saturated rings. The Kier molecular flexibility index (Phi) is 1.31. The Labute approximate surface area is 54.2 Å². The maximum absolute atomic E-state index is 9.99. The molecule has 0 heterocycles. The second-order valence-corrected chi connectivity index (χ2v) is 2.83. The summed E-state index contributed by atoms with van der Waals surface area (Å²) in [6.07, 6.45) is 5.27. The van der Waals surface area contributed by atoms with Crippen LogP contribution in [0.5, 0.6) is 0 Å². The molecule has 0 saturated heterocycles. The summed E-state index contributed by atoms with van der Waals surface area (Å²) < 4.78 is 0. The van der Waals surface area contributed by atoms with Gasteiger partial charge in [0.15, 0.2) is 0 Å². The molecule has 0 atom stereocenters. The SMILES string of the molecule is CC1(/C=C/C(=O)O)CC1. The highest BCUT2D eigenvalue weighted by atomic mass is 16.4. The largest absolute Gasteiger partial charge is 0.478 e. The lowest BCUT2D eigenvalue weighted by Crippen LogP contribution is -1.90. The van der Waals surface area contributed by atoms with Crippen molar-refractivity contribution in [1.29, 1.82) is 0 Å². The molecule has 1 aliphatic rings. The van der Waals surface area contributed by atoms with Crippen LogP contribution in [0.15, 0.2) is 12.2 Å². The maximum atomic E-state index is 9.99. The Morgan fingerprint density at radius 1 is 1.67 bits per heavy atom. The standard InChI is InChI=1S/C7H10O2/c1-7(4-5-7)3-2-6(8)9/h2-3H,4-5H2,1H3,(H,8,9)/b3-2+. The molecule has 0 amide bonds. The highest BCUT2D eigenvalue weighted by Gasteiger charge is 2.34. The zero-order chi connectivity index (χ0) is 6.91. The molecule has 2 nitrogen and oxygen atoms in total. The van der Waals surface area contributed by atoms with Gasteiger partial charge in [-0.25, -0.2) is 4.79 Å². The quantitative estimate of drug-likeness (QED) is 0.568. The summed E-state index contributed by atoms with van der Waals surface area (Å²) in [4.78, 5) is 9.99. The Hall–Kier alpha value is -0.790. The minimum atomic E-state index is -0.844. The molecule has 1 aliphatic carbocycles. The smallest absolute Gasteiger partial charge is 0.327 e. The molecule has 0 aromatic carbocycles. The Morgan fingerprint density at radius 2 is 2.22 bits per heavy atom. The van der Waals surface area contributed by atoms with Crippen LogP contribution in [0, 0.1) is 5.41 Å². The van der Waals surface area contributed by atoms with Gasteiger partial charge in [-0.1, -0.05) is 13.0 Å². The summed E-state index contributed by atoms with van der Waals surface area (Å²) in [5.41, 5.74) is 0.221. The van der Waals surface area contributed by atoms with Crippen molar-refractivity contribution < 1.29 is 9.90 Å². The molecule has 0 radical (unpaired) electrons. The fraction of sp³-hybridized carbons (Fsp3) is 0.571. The number of rotatable bonds is 2. The van der Waals surface area contributed by atoms with E-state index in [1.54, 1.807) is 6.08 Å². The molecule has 0 aliphatic heterocycles. The van der Waals surface area contributed by atoms with E-state index in [0.717, 1.165) is 12.8 Å². The molecule has 0 aromatic heterocycles. The van der Waals surface area contributed by atoms with Crippen molar-refractivity contribution in [3.05, 3.63) is 12.2 Å². The molecule has 0 bridgehead atoms. The van der Waals surface area contributed by atoms with Gasteiger partial charge < -0.3 is 5.11 Å². The summed E-state index contributed by atoms with van der Waals surface area (Å²) in [6, 6.07) is 0. The lowest BCUT2D eigenvalue weighted by molar-refractivity contribution is -0.131. The van der Waals surface area contributed by atoms with E-state index in [0.29, 0.717) is 0 Å². The van der Waals surface area contributed by atoms with Crippen LogP contribution in [0.25, 0.3) is 0 Å². The van der Waals surface area contributed by atoms with Gasteiger partial charge in [0.1, 0.15) is 0 Å². The third-order valence-electron chi connectivity index (χ3n) is 1.67. The summed E-state index contributed by atoms with van der Waals surface area (Å²) in [6.45, 7) is 2.06. The van der Waals surface area contributed by atoms with Gasteiger partial charge in [-0.15, -0.1) is 0 Å². The lowest BCUT2D eigenvalue weighted by atomic mass is 10.1. The topological polar surface area (TPSA) is 37.3 Å². The molecule has 50 valence electrons. The van der Waals surface area contributed by atoms with E-state index >= 15 is 0 Å². The van der Waals surface area contributed by atoms with Gasteiger partial charge in [0.2, 0.25) is 0 Å². The van der Waals surface area contributed by atoms with Crippen LogP contribution in [-0.4, -0.2) is 11.1 Å². The monoisotopic (exact) mass is 126 g/mol. The number of allylic oxidation sites excluding steroid dienone is 1. The number of aliphatic carboxylic acids is 1. The first kappa shape index (κ1) is 6.33. The number of carboxylic acids is 1. The fourth-order valence-electron chi connectivity index (χ4n) is 0.636. The molecular formula is C7H10O2. The van der Waals surface area contributed by atoms with Crippen molar-refractivity contribution in [1.82, 2.24) is 0 Å². The van der Waals surface area contributed by atoms with Crippen molar-refractivity contribution in [2.24, 2.45) is 5.41 Å². The van der Waals surface area contributed by atoms with Crippen LogP contribution in [0.1, 0.15) is 19.8 Å². The molecule has 0 unspecified atom stereocenters. The fourth-order valence-corrected chi connectivity index (χ4v) is 0.636. The van der Waals surface area contributed by atoms with Gasteiger partial charge in [-0.3, -0.25) is 0 Å². The van der Waals surface area contributed by atoms with E-state index < -0.39 is 5.97 Å². The average molecular weight is 126 g/mol. The Bertz CT molecular complexity index is 154. The molecule has 1 N–H and O–H groups in total. The molecule has 0 spiro atoms. The molecule has 9 heavy (non-hydrogen) atoms. The van der Waals surface area contributed by atoms with Crippen LogP contribution in [0.3, 0.4) is 0 Å². The maximum Gasteiger partial charge on any atom is 0.327 e. The van der Waals surface area contributed by atoms with E-state index in [1.165, 1.54) is 6.08 Å². The van der Waals surface area contributed by atoms with E-state index in [9.17, 15) is 4.79 Å². The summed E-state index contributed by atoms with van der Waals surface area (Å²) >= 11 is 0. The molecule has 1 saturated carbocycles. The van der Waals surface area contributed by atoms with Crippen molar-refractivity contribution >= 4 is 5.97 Å². The number of hydrogen-bond donors (Lipinski definition) is 1. The predicted molar refractivity (Wildman–Crippen MR) is 34.1 cm³/mol. The average Bonchev–Trinajstić information content (AvgIpc) is 2.45. The van der Waals surface area contributed by atoms with Gasteiger partial charge in [-0.2, -0.15) is 0 Å². The molecule has 0 aromatic rings. The third-order valence-corrected chi connectivity index (χ3v) is 1.67. The van der Waals surface area contributed by atoms with E-state index in [2.05, 4.69) is 6.92 Å². The van der Waals surface area contributed by atoms with Crippen molar-refractivity contribution in [2.45, 2.75) is 19.8 Å². The van der Waals surface area contributed by atoms with Gasteiger partial charge >= 0.3 is 5.97 Å². The van der Waals surface area contributed by atoms with Gasteiger partial charge in [-0.05, 0) is 18.3 Å². The van der Waals surface area contributed by atoms with Crippen LogP contribution in [-0.2, 0) is 4.79 Å². The summed E-state index contributed by atoms with van der Waals surface area (Å²) in [7, 11) is 0. The van der Waals surface area contributed by atoms with Crippen molar-refractivity contribution in [3.8, 4) is 0 Å². The second kappa shape index (κ2) is 1.87. The number of carboxylic acid groups (broad SMARTS) is 1. The van der Waals surface area contributed by atoms with Crippen LogP contribution in [0.2, 0.25) is 0 Å². The Morgan fingerprint density at radius 3 is 2.56 bits per heavy atom. The zero-order valence-electron chi connectivity index (χ0n) is 5.42. The van der Waals surface area contributed by atoms with E-state index in [-0.39, 0.29) is 5.41 Å². The first-order valence-electron chi connectivity index (χ1n) is 3.05. The van der Waals surface area contributed by atoms with Gasteiger partial charge in [0.05, 0.1) is 0 Å². The van der Waals surface area contributed by atoms with Gasteiger partial charge in [0.25, 0.3) is 0 Å². The normalized spacial score (nSPS) is 22.3. The number of hydrogen-bond acceptors (Lipinski definition) is 1. The molecular weight excluding hydrogens is 116 g/mol. The van der Waals surface area contributed by atoms with Crippen LogP contribution in [0.4, 0.5) is 0 Å². The zero-order valence-corrected chi connectivity index (χ0v) is 5.42. The van der Waals surface area contributed by atoms with E-state index in [1.807, 2.05) is 0 Å². The first-order chi connectivity index (χ1) is 4.12. The third kappa shape index (κ3) is 1.88. The van der Waals surface area contributed by atoms with Gasteiger partial charge in [0, 0.05) is 6.08 Å². The summed E-state index contributed by atoms with van der Waals surface area (Å²) in [5.74, 6) is -0.844. The highest BCUT2D eigenvalue weighted by molar-refractivity contribution is 5.79. The minimum absolute atomic E-state index is 0.221. The Balaban J connectivity index is 2.40. The lowest BCUT2D eigenvalue weighted by Gasteiger charge is -1.93. The molecule has 1 rings (SSSR count). The van der Waals surface area contributed by atoms with Crippen LogP contribution >= 0.6 is 0 Å². The first-order valence-corrected chi connectivity index (χ1v) is 3.05. The van der Waals surface area contributed by atoms with Crippen molar-refractivity contribution in [3.63, 3.8) is 0 Å². The predicted octanol–water partition coefficient (Wildman–Crippen LogP) is 1.43. The van der Waals surface area contributed by atoms with Crippen molar-refractivity contribution in [2.75, 3.05) is 0 Å². The van der Waals surface area contributed by atoms with E-state index in [4.69, 9.17) is 5.11 Å². The summed E-state index contributed by atoms with van der Waals surface area (Å²) in [5, 5.41) is 8.22. The van der Waals surface area contributed by atoms with Crippen LogP contribution < -0.4 is 0 Å². The second-order valence-electron chi connectivity index (χ2n) is 2.83. The molecule has 2 heteroatoms. The number of carbonyl (C=O) groups is 1. The highest BCUT2D eigenvalue weighted by Crippen LogP contribution is 2.46. The minimum Gasteiger partial charge on any atom is -0.478 e.